The molecule has 2 aliphatic rings. The number of ether oxygens (including phenoxy) is 1. The van der Waals surface area contributed by atoms with Crippen molar-refractivity contribution < 1.29 is 23.1 Å². The van der Waals surface area contributed by atoms with Gasteiger partial charge in [0.1, 0.15) is 5.82 Å². The predicted octanol–water partition coefficient (Wildman–Crippen LogP) is 2.85. The first-order valence-corrected chi connectivity index (χ1v) is 10.5. The van der Waals surface area contributed by atoms with Crippen LogP contribution < -0.4 is 0 Å². The minimum Gasteiger partial charge on any atom is -0.459 e. The molecular weight excluding hydrogens is 413 g/mol. The molecule has 0 radical (unpaired) electrons. The van der Waals surface area contributed by atoms with E-state index in [0.29, 0.717) is 26.2 Å². The number of nitrogens with zero attached hydrogens (tertiary/aromatic N) is 3. The summed E-state index contributed by atoms with van der Waals surface area (Å²) in [5, 5.41) is 0. The van der Waals surface area contributed by atoms with Crippen molar-refractivity contribution in [3.63, 3.8) is 0 Å². The fourth-order valence-corrected chi connectivity index (χ4v) is 4.59. The number of hydrogen-bond acceptors (Lipinski definition) is 5. The molecule has 2 saturated heterocycles. The van der Waals surface area contributed by atoms with Crippen LogP contribution in [0.4, 0.5) is 4.39 Å². The molecule has 0 saturated carbocycles. The number of aromatic nitrogens is 1. The third kappa shape index (κ3) is 3.56. The summed E-state index contributed by atoms with van der Waals surface area (Å²) in [6, 6.07) is 13.1. The van der Waals surface area contributed by atoms with Gasteiger partial charge in [-0.1, -0.05) is 18.2 Å². The smallest absolute Gasteiger partial charge is 0.289 e. The molecule has 0 bridgehead atoms. The van der Waals surface area contributed by atoms with Crippen LogP contribution in [0.1, 0.15) is 27.6 Å². The molecule has 2 amide bonds. The van der Waals surface area contributed by atoms with Crippen molar-refractivity contribution >= 4 is 11.8 Å². The van der Waals surface area contributed by atoms with Gasteiger partial charge in [0.2, 0.25) is 0 Å². The maximum atomic E-state index is 13.8. The van der Waals surface area contributed by atoms with E-state index in [2.05, 4.69) is 4.98 Å². The average Bonchev–Trinajstić information content (AvgIpc) is 3.48. The van der Waals surface area contributed by atoms with Gasteiger partial charge in [-0.05, 0) is 41.5 Å². The number of furan rings is 1. The van der Waals surface area contributed by atoms with Gasteiger partial charge < -0.3 is 19.0 Å². The van der Waals surface area contributed by atoms with E-state index in [4.69, 9.17) is 9.15 Å². The second-order valence-electron chi connectivity index (χ2n) is 8.09. The summed E-state index contributed by atoms with van der Waals surface area (Å²) in [5.41, 5.74) is 0.444. The second kappa shape index (κ2) is 8.20. The first kappa shape index (κ1) is 20.4. The zero-order valence-corrected chi connectivity index (χ0v) is 17.3. The normalized spacial score (nSPS) is 23.2. The number of benzene rings is 1. The lowest BCUT2D eigenvalue weighted by atomic mass is 9.83. The summed E-state index contributed by atoms with van der Waals surface area (Å²) in [6.45, 7) is 1.53. The third-order valence-corrected chi connectivity index (χ3v) is 6.15. The van der Waals surface area contributed by atoms with Gasteiger partial charge in [0.05, 0.1) is 19.4 Å². The number of likely N-dealkylation sites (tertiary alicyclic amines) is 1. The number of pyridine rings is 1. The first-order chi connectivity index (χ1) is 15.6. The van der Waals surface area contributed by atoms with Gasteiger partial charge in [-0.2, -0.15) is 0 Å². The topological polar surface area (TPSA) is 75.9 Å². The minimum atomic E-state index is -1.22. The third-order valence-electron chi connectivity index (χ3n) is 6.15. The van der Waals surface area contributed by atoms with Gasteiger partial charge >= 0.3 is 0 Å². The Hall–Kier alpha value is -3.52. The number of halogens is 1. The molecule has 2 atom stereocenters. The van der Waals surface area contributed by atoms with Crippen molar-refractivity contribution in [3.8, 4) is 0 Å². The number of hydrogen-bond donors (Lipinski definition) is 0. The Balaban J connectivity index is 1.47. The van der Waals surface area contributed by atoms with Crippen LogP contribution in [0.25, 0.3) is 0 Å². The lowest BCUT2D eigenvalue weighted by Crippen LogP contribution is -2.60. The molecule has 0 N–H and O–H groups in total. The average molecular weight is 435 g/mol. The van der Waals surface area contributed by atoms with Crippen molar-refractivity contribution in [2.75, 3.05) is 26.2 Å². The predicted molar refractivity (Wildman–Crippen MR) is 112 cm³/mol. The fourth-order valence-electron chi connectivity index (χ4n) is 4.59. The molecule has 3 aromatic rings. The van der Waals surface area contributed by atoms with Crippen LogP contribution in [0, 0.1) is 5.82 Å². The van der Waals surface area contributed by atoms with Crippen LogP contribution in [0.15, 0.2) is 71.6 Å². The van der Waals surface area contributed by atoms with Crippen molar-refractivity contribution in [1.29, 1.82) is 0 Å². The lowest BCUT2D eigenvalue weighted by Gasteiger charge is -2.42. The molecule has 2 aliphatic heterocycles. The number of carbonyl (C=O) groups is 2. The van der Waals surface area contributed by atoms with Gasteiger partial charge in [0.15, 0.2) is 11.4 Å². The highest BCUT2D eigenvalue weighted by atomic mass is 19.1. The van der Waals surface area contributed by atoms with Gasteiger partial charge in [-0.25, -0.2) is 4.39 Å². The fraction of sp³-hybridized carbons (Fsp3) is 0.292. The molecular formula is C24H22FN3O4. The van der Waals surface area contributed by atoms with E-state index >= 15 is 0 Å². The Kier molecular flexibility index (Phi) is 5.22. The van der Waals surface area contributed by atoms with E-state index in [0.717, 1.165) is 11.1 Å². The summed E-state index contributed by atoms with van der Waals surface area (Å²) >= 11 is 0. The van der Waals surface area contributed by atoms with Gasteiger partial charge in [0, 0.05) is 37.9 Å². The molecule has 2 aromatic heterocycles. The Morgan fingerprint density at radius 2 is 2.03 bits per heavy atom. The summed E-state index contributed by atoms with van der Waals surface area (Å²) in [5.74, 6) is -0.945. The Morgan fingerprint density at radius 1 is 1.19 bits per heavy atom. The second-order valence-corrected chi connectivity index (χ2v) is 8.09. The van der Waals surface area contributed by atoms with Gasteiger partial charge in [-0.15, -0.1) is 0 Å². The van der Waals surface area contributed by atoms with E-state index in [9.17, 15) is 14.0 Å². The summed E-state index contributed by atoms with van der Waals surface area (Å²) in [6.07, 6.45) is 4.83. The molecule has 164 valence electrons. The van der Waals surface area contributed by atoms with E-state index < -0.39 is 5.60 Å². The maximum Gasteiger partial charge on any atom is 0.289 e. The van der Waals surface area contributed by atoms with Crippen LogP contribution >= 0.6 is 0 Å². The van der Waals surface area contributed by atoms with Crippen molar-refractivity contribution in [3.05, 3.63) is 89.9 Å². The maximum absolute atomic E-state index is 13.8. The summed E-state index contributed by atoms with van der Waals surface area (Å²) in [7, 11) is 0. The highest BCUT2D eigenvalue weighted by Gasteiger charge is 2.58. The highest BCUT2D eigenvalue weighted by Crippen LogP contribution is 2.42. The monoisotopic (exact) mass is 435 g/mol. The van der Waals surface area contributed by atoms with E-state index in [1.165, 1.54) is 18.4 Å². The van der Waals surface area contributed by atoms with E-state index in [1.807, 2.05) is 12.1 Å². The number of carbonyl (C=O) groups excluding carboxylic acids is 2. The highest BCUT2D eigenvalue weighted by molar-refractivity contribution is 5.94. The SMILES string of the molecule is O=C(c1ccco1)N1CC(c2cccnc2)C2(C1)OCCN(Cc1ccc(F)cc1)C2=O. The largest absolute Gasteiger partial charge is 0.459 e. The summed E-state index contributed by atoms with van der Waals surface area (Å²) in [4.78, 5) is 34.4. The van der Waals surface area contributed by atoms with Crippen LogP contribution in [0.2, 0.25) is 0 Å². The van der Waals surface area contributed by atoms with Gasteiger partial charge in [0.25, 0.3) is 11.8 Å². The molecule has 4 heterocycles. The molecule has 1 aromatic carbocycles. The van der Waals surface area contributed by atoms with Gasteiger partial charge in [-0.3, -0.25) is 14.6 Å². The first-order valence-electron chi connectivity index (χ1n) is 10.5. The minimum absolute atomic E-state index is 0.116. The molecule has 32 heavy (non-hydrogen) atoms. The van der Waals surface area contributed by atoms with Crippen LogP contribution in [-0.2, 0) is 16.1 Å². The summed E-state index contributed by atoms with van der Waals surface area (Å²) < 4.78 is 24.8. The quantitative estimate of drug-likeness (QED) is 0.630. The molecule has 0 aliphatic carbocycles. The molecule has 5 rings (SSSR count). The zero-order valence-electron chi connectivity index (χ0n) is 17.3. The van der Waals surface area contributed by atoms with E-state index in [-0.39, 0.29) is 35.9 Å². The van der Waals surface area contributed by atoms with Crippen molar-refractivity contribution in [1.82, 2.24) is 14.8 Å². The van der Waals surface area contributed by atoms with E-state index in [1.54, 1.807) is 46.5 Å². The standard InChI is InChI=1S/C24H22FN3O4/c25-19-7-5-17(6-8-19)14-27-10-12-32-24(23(27)30)16-28(22(29)21-4-2-11-31-21)15-20(24)18-3-1-9-26-13-18/h1-9,11,13,20H,10,12,14-16H2. The Bertz CT molecular complexity index is 1100. The van der Waals surface area contributed by atoms with Crippen molar-refractivity contribution in [2.24, 2.45) is 0 Å². The van der Waals surface area contributed by atoms with Crippen LogP contribution in [-0.4, -0.2) is 58.4 Å². The molecule has 1 spiro atoms. The van der Waals surface area contributed by atoms with Crippen LogP contribution in [0.5, 0.6) is 0 Å². The van der Waals surface area contributed by atoms with Crippen molar-refractivity contribution in [2.45, 2.75) is 18.1 Å². The van der Waals surface area contributed by atoms with Crippen LogP contribution in [0.3, 0.4) is 0 Å². The lowest BCUT2D eigenvalue weighted by molar-refractivity contribution is -0.172. The zero-order chi connectivity index (χ0) is 22.1. The Labute approximate surface area is 184 Å². The Morgan fingerprint density at radius 3 is 2.75 bits per heavy atom. The number of rotatable bonds is 4. The number of amides is 2. The number of morpholine rings is 1. The molecule has 2 fully saturated rings. The molecule has 7 nitrogen and oxygen atoms in total. The molecule has 8 heteroatoms. The molecule has 2 unspecified atom stereocenters.